The molecule has 1 atom stereocenters. The molecule has 0 fully saturated rings. The molecule has 0 spiro atoms. The van der Waals surface area contributed by atoms with Gasteiger partial charge in [-0.15, -0.1) is 0 Å². The van der Waals surface area contributed by atoms with Crippen LogP contribution in [-0.4, -0.2) is 7.37 Å². The van der Waals surface area contributed by atoms with Crippen LogP contribution in [0.5, 0.6) is 0 Å². The number of allylic oxidation sites excluding steroid dienone is 1. The molecule has 0 bridgehead atoms. The van der Waals surface area contributed by atoms with Crippen molar-refractivity contribution in [1.82, 2.24) is 0 Å². The Morgan fingerprint density at radius 2 is 1.55 bits per heavy atom. The minimum absolute atomic E-state index is 0.157. The van der Waals surface area contributed by atoms with Crippen LogP contribution in [0, 0.1) is 0 Å². The summed E-state index contributed by atoms with van der Waals surface area (Å²) in [4.78, 5) is 0. The number of fused-ring (bicyclic) bond motifs is 1. The van der Waals surface area contributed by atoms with Gasteiger partial charge in [0, 0.05) is 0 Å². The van der Waals surface area contributed by atoms with Crippen molar-refractivity contribution in [3.63, 3.8) is 0 Å². The molecule has 1 aliphatic rings. The number of rotatable bonds is 2. The summed E-state index contributed by atoms with van der Waals surface area (Å²) in [6, 6.07) is 18.8. The third kappa shape index (κ3) is 2.22. The molecule has 2 aromatic rings. The number of halogens is 2. The summed E-state index contributed by atoms with van der Waals surface area (Å²) < 4.78 is 3.49. The second-order valence-corrected chi connectivity index (χ2v) is 67.1. The van der Waals surface area contributed by atoms with E-state index in [0.29, 0.717) is 0 Å². The van der Waals surface area contributed by atoms with E-state index >= 15 is 0 Å². The van der Waals surface area contributed by atoms with Crippen molar-refractivity contribution in [1.29, 1.82) is 0 Å². The standard InChI is InChI=1S/C9H7.C6H5.CH3.2ClH.H3Si.Zr/c1-2-5-9-7-3-6-8(9)4-1;1-2-4-6-5-3-1;;;;;/h1-7H;1-5H;1H3;2*1H;1H3;/q;;;;;;+2/p-2. The van der Waals surface area contributed by atoms with Crippen LogP contribution in [0.15, 0.2) is 60.7 Å². The van der Waals surface area contributed by atoms with Crippen molar-refractivity contribution in [3.8, 4) is 0 Å². The Balaban J connectivity index is 2.25. The molecule has 0 amide bonds. The van der Waals surface area contributed by atoms with E-state index in [4.69, 9.17) is 17.0 Å². The number of hydrogen-bond acceptors (Lipinski definition) is 0. The summed E-state index contributed by atoms with van der Waals surface area (Å²) in [7, 11) is 15.6. The predicted octanol–water partition coefficient (Wildman–Crippen LogP) is 3.94. The average molecular weight is 401 g/mol. The summed E-state index contributed by atoms with van der Waals surface area (Å²) in [5, 5.41) is 0. The molecule has 4 heteroatoms. The van der Waals surface area contributed by atoms with Gasteiger partial charge in [-0.1, -0.05) is 0 Å². The van der Waals surface area contributed by atoms with Crippen LogP contribution in [0.1, 0.15) is 14.8 Å². The zero-order valence-corrected chi connectivity index (χ0v) is 17.7. The average Bonchev–Trinajstić information content (AvgIpc) is 2.84. The Kier molecular flexibility index (Phi) is 3.10. The van der Waals surface area contributed by atoms with Gasteiger partial charge < -0.3 is 0 Å². The number of hydrogen-bond donors (Lipinski definition) is 0. The molecular weight excluding hydrogens is 382 g/mol. The van der Waals surface area contributed by atoms with Gasteiger partial charge in [-0.05, 0) is 0 Å². The van der Waals surface area contributed by atoms with Crippen molar-refractivity contribution in [2.75, 3.05) is 0 Å². The maximum absolute atomic E-state index is 7.38. The van der Waals surface area contributed by atoms with Crippen molar-refractivity contribution >= 4 is 33.7 Å². The van der Waals surface area contributed by atoms with Crippen LogP contribution in [0.2, 0.25) is 4.63 Å². The molecule has 0 saturated heterocycles. The van der Waals surface area contributed by atoms with Crippen molar-refractivity contribution < 1.29 is 14.1 Å². The molecular formula is C16H18Cl2SiZr. The van der Waals surface area contributed by atoms with Crippen LogP contribution in [0.4, 0.5) is 0 Å². The molecule has 0 nitrogen and oxygen atoms in total. The molecule has 1 unspecified atom stereocenters. The Morgan fingerprint density at radius 1 is 0.950 bits per heavy atom. The zero-order valence-electron chi connectivity index (χ0n) is 11.7. The van der Waals surface area contributed by atoms with Crippen LogP contribution >= 0.6 is 17.0 Å². The van der Waals surface area contributed by atoms with Gasteiger partial charge in [0.25, 0.3) is 0 Å². The molecule has 1 aliphatic carbocycles. The van der Waals surface area contributed by atoms with Gasteiger partial charge in [0.05, 0.1) is 0 Å². The van der Waals surface area contributed by atoms with Crippen LogP contribution in [0.3, 0.4) is 0 Å². The molecule has 0 N–H and O–H groups in total. The number of benzene rings is 2. The molecule has 0 saturated carbocycles. The van der Waals surface area contributed by atoms with Crippen LogP contribution in [0.25, 0.3) is 6.08 Å². The minimum atomic E-state index is -4.49. The first-order valence-corrected chi connectivity index (χ1v) is 26.7. The van der Waals surface area contributed by atoms with Crippen molar-refractivity contribution in [2.24, 2.45) is 0 Å². The van der Waals surface area contributed by atoms with Gasteiger partial charge in [0.2, 0.25) is 0 Å². The van der Waals surface area contributed by atoms with Gasteiger partial charge in [0.15, 0.2) is 0 Å². The molecule has 3 rings (SSSR count). The molecule has 104 valence electrons. The van der Waals surface area contributed by atoms with Crippen LogP contribution < -0.4 is 3.27 Å². The second kappa shape index (κ2) is 4.20. The Morgan fingerprint density at radius 3 is 2.25 bits per heavy atom. The molecule has 0 radical (unpaired) electrons. The predicted molar refractivity (Wildman–Crippen MR) is 91.8 cm³/mol. The van der Waals surface area contributed by atoms with Crippen molar-refractivity contribution in [3.05, 3.63) is 71.8 Å². The molecule has 0 aromatic heterocycles. The van der Waals surface area contributed by atoms with Gasteiger partial charge >= 0.3 is 128 Å². The molecule has 0 aliphatic heterocycles. The van der Waals surface area contributed by atoms with Gasteiger partial charge in [-0.2, -0.15) is 0 Å². The fourth-order valence-corrected chi connectivity index (χ4v) is 20.9. The normalized spacial score (nSPS) is 21.2. The van der Waals surface area contributed by atoms with E-state index in [0.717, 1.165) is 10.6 Å². The first-order chi connectivity index (χ1) is 9.22. The molecule has 2 aromatic carbocycles. The molecule has 0 heterocycles. The van der Waals surface area contributed by atoms with E-state index in [2.05, 4.69) is 53.2 Å². The monoisotopic (exact) mass is 398 g/mol. The van der Waals surface area contributed by atoms with E-state index in [-0.39, 0.29) is 3.63 Å². The summed E-state index contributed by atoms with van der Waals surface area (Å²) >= 11 is -4.49. The fourth-order valence-electron chi connectivity index (χ4n) is 3.24. The summed E-state index contributed by atoms with van der Waals surface area (Å²) in [5.41, 5.74) is 2.54. The van der Waals surface area contributed by atoms with Crippen LogP contribution in [-0.2, 0) is 14.1 Å². The quantitative estimate of drug-likeness (QED) is 0.670. The Hall–Kier alpha value is -0.140. The third-order valence-electron chi connectivity index (χ3n) is 4.55. The zero-order chi connectivity index (χ0) is 14.5. The third-order valence-corrected chi connectivity index (χ3v) is 28.8. The van der Waals surface area contributed by atoms with E-state index < -0.39 is 14.1 Å². The second-order valence-electron chi connectivity index (χ2n) is 6.79. The fraction of sp³-hybridized carbons (Fsp3) is 0.125. The SMILES string of the molecule is [CH3][Zr]([SiH3])([Cl])([Cl])([c]1ccccc1)[CH]1C=Cc2ccccc21. The first-order valence-electron chi connectivity index (χ1n) is 6.90. The summed E-state index contributed by atoms with van der Waals surface area (Å²) in [6.45, 7) is 0. The van der Waals surface area contributed by atoms with Gasteiger partial charge in [0.1, 0.15) is 0 Å². The summed E-state index contributed by atoms with van der Waals surface area (Å²) in [5.74, 6) is 0. The van der Waals surface area contributed by atoms with E-state index in [1.54, 1.807) is 0 Å². The Labute approximate surface area is 127 Å². The van der Waals surface area contributed by atoms with Gasteiger partial charge in [-0.25, -0.2) is 0 Å². The van der Waals surface area contributed by atoms with E-state index in [1.807, 2.05) is 18.2 Å². The Bertz CT molecular complexity index is 701. The maximum atomic E-state index is 7.38. The first kappa shape index (κ1) is 14.8. The van der Waals surface area contributed by atoms with Gasteiger partial charge in [-0.3, -0.25) is 0 Å². The van der Waals surface area contributed by atoms with E-state index in [9.17, 15) is 0 Å². The van der Waals surface area contributed by atoms with Crippen molar-refractivity contribution in [2.45, 2.75) is 8.26 Å². The topological polar surface area (TPSA) is 0 Å². The molecule has 20 heavy (non-hydrogen) atoms. The summed E-state index contributed by atoms with van der Waals surface area (Å²) in [6.07, 6.45) is 4.39. The van der Waals surface area contributed by atoms with E-state index in [1.165, 1.54) is 11.1 Å².